The smallest absolute Gasteiger partial charge is 0.191 e. The van der Waals surface area contributed by atoms with E-state index in [-0.39, 0.29) is 5.75 Å². The minimum atomic E-state index is -3.23. The summed E-state index contributed by atoms with van der Waals surface area (Å²) in [6.45, 7) is 6.14. The van der Waals surface area contributed by atoms with Gasteiger partial charge in [0.15, 0.2) is 15.8 Å². The van der Waals surface area contributed by atoms with Crippen molar-refractivity contribution in [2.75, 3.05) is 25.4 Å². The maximum Gasteiger partial charge on any atom is 0.191 e. The van der Waals surface area contributed by atoms with Gasteiger partial charge in [-0.05, 0) is 31.0 Å². The van der Waals surface area contributed by atoms with E-state index in [0.717, 1.165) is 12.5 Å². The van der Waals surface area contributed by atoms with Crippen LogP contribution < -0.4 is 10.6 Å². The zero-order valence-corrected chi connectivity index (χ0v) is 16.9. The maximum atomic E-state index is 12.3. The van der Waals surface area contributed by atoms with Crippen LogP contribution in [0.25, 0.3) is 0 Å². The number of nitrogens with zero attached hydrogens (tertiary/aromatic N) is 1. The molecule has 0 aliphatic rings. The lowest BCUT2D eigenvalue weighted by Crippen LogP contribution is -2.38. The second-order valence-electron chi connectivity index (χ2n) is 6.44. The third kappa shape index (κ3) is 7.06. The Balaban J connectivity index is 1.83. The molecule has 0 bridgehead atoms. The highest BCUT2D eigenvalue weighted by Crippen LogP contribution is 2.14. The monoisotopic (exact) mass is 387 g/mol. The molecular formula is C21H29N3O2S. The third-order valence-electron chi connectivity index (χ3n) is 4.22. The number of hydrogen-bond acceptors (Lipinski definition) is 3. The van der Waals surface area contributed by atoms with Crippen LogP contribution in [0.3, 0.4) is 0 Å². The van der Waals surface area contributed by atoms with Gasteiger partial charge in [-0.15, -0.1) is 0 Å². The van der Waals surface area contributed by atoms with Gasteiger partial charge in [0.2, 0.25) is 0 Å². The van der Waals surface area contributed by atoms with Gasteiger partial charge in [-0.2, -0.15) is 0 Å². The molecule has 2 aromatic rings. The van der Waals surface area contributed by atoms with E-state index in [2.05, 4.69) is 34.7 Å². The highest BCUT2D eigenvalue weighted by molar-refractivity contribution is 7.91. The summed E-state index contributed by atoms with van der Waals surface area (Å²) in [5.74, 6) is 1.15. The third-order valence-corrected chi connectivity index (χ3v) is 6.04. The summed E-state index contributed by atoms with van der Waals surface area (Å²) >= 11 is 0. The van der Waals surface area contributed by atoms with Crippen molar-refractivity contribution >= 4 is 15.8 Å². The van der Waals surface area contributed by atoms with Gasteiger partial charge in [-0.25, -0.2) is 8.42 Å². The van der Waals surface area contributed by atoms with Gasteiger partial charge >= 0.3 is 0 Å². The predicted molar refractivity (Wildman–Crippen MR) is 112 cm³/mol. The minimum absolute atomic E-state index is 0.115. The number of aliphatic imine (C=N–C) groups is 1. The SMILES string of the molecule is CCNC(=NCC(C)c1ccccc1)NCCCS(=O)(=O)c1ccccc1. The molecule has 2 aromatic carbocycles. The molecule has 0 aromatic heterocycles. The van der Waals surface area contributed by atoms with Crippen LogP contribution in [0.5, 0.6) is 0 Å². The van der Waals surface area contributed by atoms with Crippen molar-refractivity contribution in [1.82, 2.24) is 10.6 Å². The summed E-state index contributed by atoms with van der Waals surface area (Å²) in [5.41, 5.74) is 1.26. The molecular weight excluding hydrogens is 358 g/mol. The summed E-state index contributed by atoms with van der Waals surface area (Å²) in [5, 5.41) is 6.43. The Kier molecular flexibility index (Phi) is 8.33. The number of nitrogens with one attached hydrogen (secondary N) is 2. The van der Waals surface area contributed by atoms with E-state index >= 15 is 0 Å². The minimum Gasteiger partial charge on any atom is -0.357 e. The Labute approximate surface area is 162 Å². The molecule has 1 unspecified atom stereocenters. The zero-order valence-electron chi connectivity index (χ0n) is 16.1. The lowest BCUT2D eigenvalue weighted by molar-refractivity contribution is 0.592. The first kappa shape index (κ1) is 21.0. The van der Waals surface area contributed by atoms with E-state index in [1.54, 1.807) is 24.3 Å². The van der Waals surface area contributed by atoms with Crippen molar-refractivity contribution in [3.8, 4) is 0 Å². The van der Waals surface area contributed by atoms with E-state index in [0.29, 0.717) is 30.3 Å². The summed E-state index contributed by atoms with van der Waals surface area (Å²) in [4.78, 5) is 5.00. The molecule has 0 heterocycles. The molecule has 2 rings (SSSR count). The van der Waals surface area contributed by atoms with Gasteiger partial charge in [0.1, 0.15) is 0 Å². The van der Waals surface area contributed by atoms with E-state index in [9.17, 15) is 8.42 Å². The van der Waals surface area contributed by atoms with Gasteiger partial charge in [-0.1, -0.05) is 55.5 Å². The molecule has 146 valence electrons. The fourth-order valence-corrected chi connectivity index (χ4v) is 4.00. The topological polar surface area (TPSA) is 70.6 Å². The Morgan fingerprint density at radius 1 is 1.00 bits per heavy atom. The number of benzene rings is 2. The molecule has 0 spiro atoms. The molecule has 0 radical (unpaired) electrons. The van der Waals surface area contributed by atoms with Gasteiger partial charge in [0, 0.05) is 25.6 Å². The summed E-state index contributed by atoms with van der Waals surface area (Å²) in [6.07, 6.45) is 0.524. The molecule has 27 heavy (non-hydrogen) atoms. The zero-order chi connectivity index (χ0) is 19.5. The lowest BCUT2D eigenvalue weighted by atomic mass is 10.0. The molecule has 6 heteroatoms. The lowest BCUT2D eigenvalue weighted by Gasteiger charge is -2.14. The van der Waals surface area contributed by atoms with Crippen LogP contribution >= 0.6 is 0 Å². The first-order valence-corrected chi connectivity index (χ1v) is 11.0. The molecule has 1 atom stereocenters. The average Bonchev–Trinajstić information content (AvgIpc) is 2.70. The van der Waals surface area contributed by atoms with Crippen molar-refractivity contribution in [3.05, 3.63) is 66.2 Å². The standard InChI is InChI=1S/C21H29N3O2S/c1-3-22-21(24-17-18(2)19-11-6-4-7-12-19)23-15-10-16-27(25,26)20-13-8-5-9-14-20/h4-9,11-14,18H,3,10,15-17H2,1-2H3,(H2,22,23,24). The van der Waals surface area contributed by atoms with Crippen molar-refractivity contribution < 1.29 is 8.42 Å². The van der Waals surface area contributed by atoms with Crippen LogP contribution in [0.4, 0.5) is 0 Å². The van der Waals surface area contributed by atoms with Crippen LogP contribution in [-0.2, 0) is 9.84 Å². The highest BCUT2D eigenvalue weighted by atomic mass is 32.2. The molecule has 0 aliphatic heterocycles. The van der Waals surface area contributed by atoms with Crippen molar-refractivity contribution in [2.45, 2.75) is 31.1 Å². The average molecular weight is 388 g/mol. The van der Waals surface area contributed by atoms with Gasteiger partial charge < -0.3 is 10.6 Å². The Bertz CT molecular complexity index is 806. The molecule has 0 saturated carbocycles. The molecule has 5 nitrogen and oxygen atoms in total. The van der Waals surface area contributed by atoms with Crippen molar-refractivity contribution in [2.24, 2.45) is 4.99 Å². The second-order valence-corrected chi connectivity index (χ2v) is 8.55. The molecule has 2 N–H and O–H groups in total. The first-order chi connectivity index (χ1) is 13.0. The summed E-state index contributed by atoms with van der Waals surface area (Å²) in [7, 11) is -3.23. The van der Waals surface area contributed by atoms with E-state index in [1.807, 2.05) is 31.2 Å². The van der Waals surface area contributed by atoms with E-state index < -0.39 is 9.84 Å². The number of guanidine groups is 1. The molecule has 0 amide bonds. The van der Waals surface area contributed by atoms with Crippen LogP contribution in [0.1, 0.15) is 31.7 Å². The number of hydrogen-bond donors (Lipinski definition) is 2. The Morgan fingerprint density at radius 2 is 1.63 bits per heavy atom. The number of rotatable bonds is 9. The van der Waals surface area contributed by atoms with Gasteiger partial charge in [0.05, 0.1) is 10.6 Å². The van der Waals surface area contributed by atoms with Crippen LogP contribution in [0, 0.1) is 0 Å². The molecule has 0 saturated heterocycles. The highest BCUT2D eigenvalue weighted by Gasteiger charge is 2.13. The van der Waals surface area contributed by atoms with Gasteiger partial charge in [-0.3, -0.25) is 4.99 Å². The van der Waals surface area contributed by atoms with Crippen LogP contribution in [0.15, 0.2) is 70.6 Å². The fraction of sp³-hybridized carbons (Fsp3) is 0.381. The van der Waals surface area contributed by atoms with Crippen molar-refractivity contribution in [1.29, 1.82) is 0 Å². The maximum absolute atomic E-state index is 12.3. The largest absolute Gasteiger partial charge is 0.357 e. The molecule has 0 fully saturated rings. The first-order valence-electron chi connectivity index (χ1n) is 9.38. The number of sulfone groups is 1. The van der Waals surface area contributed by atoms with Gasteiger partial charge in [0.25, 0.3) is 0 Å². The fourth-order valence-electron chi connectivity index (χ4n) is 2.67. The second kappa shape index (κ2) is 10.7. The van der Waals surface area contributed by atoms with Crippen molar-refractivity contribution in [3.63, 3.8) is 0 Å². The quantitative estimate of drug-likeness (QED) is 0.394. The predicted octanol–water partition coefficient (Wildman–Crippen LogP) is 3.21. The Morgan fingerprint density at radius 3 is 2.26 bits per heavy atom. The molecule has 0 aliphatic carbocycles. The normalized spacial score (nSPS) is 13.2. The van der Waals surface area contributed by atoms with Crippen LogP contribution in [-0.4, -0.2) is 39.8 Å². The summed E-state index contributed by atoms with van der Waals surface area (Å²) in [6, 6.07) is 18.9. The van der Waals surface area contributed by atoms with E-state index in [1.165, 1.54) is 5.56 Å². The van der Waals surface area contributed by atoms with Crippen LogP contribution in [0.2, 0.25) is 0 Å². The summed E-state index contributed by atoms with van der Waals surface area (Å²) < 4.78 is 24.6. The van der Waals surface area contributed by atoms with E-state index in [4.69, 9.17) is 0 Å². The Hall–Kier alpha value is -2.34.